The lowest BCUT2D eigenvalue weighted by Gasteiger charge is -2.25. The summed E-state index contributed by atoms with van der Waals surface area (Å²) < 4.78 is -1.66. The highest BCUT2D eigenvalue weighted by Crippen LogP contribution is 2.41. The quantitative estimate of drug-likeness (QED) is 0.211. The number of halogens is 3. The predicted molar refractivity (Wildman–Crippen MR) is 128 cm³/mol. The smallest absolute Gasteiger partial charge is 0.335 e. The van der Waals surface area contributed by atoms with Crippen LogP contribution in [0.3, 0.4) is 0 Å². The molecule has 1 atom stereocenters. The third-order valence-corrected chi connectivity index (χ3v) is 6.11. The molecule has 160 valence electrons. The Balaban J connectivity index is 1.75. The SMILES string of the molecule is C=C(Cc1cccc2ccccc12)CC(CC(=O)c1cccc(C(=O)O)c1)C(Cl)(Cl)Cl. The van der Waals surface area contributed by atoms with Gasteiger partial charge in [-0.1, -0.05) is 102 Å². The van der Waals surface area contributed by atoms with E-state index < -0.39 is 15.7 Å². The molecule has 1 unspecified atom stereocenters. The second-order valence-electron chi connectivity index (χ2n) is 7.52. The first-order chi connectivity index (χ1) is 14.6. The number of aromatic carboxylic acids is 1. The molecule has 0 heterocycles. The Morgan fingerprint density at radius 3 is 2.26 bits per heavy atom. The molecular formula is C25H21Cl3O3. The van der Waals surface area contributed by atoms with Crippen LogP contribution in [0, 0.1) is 5.92 Å². The number of benzene rings is 3. The van der Waals surface area contributed by atoms with Gasteiger partial charge in [-0.2, -0.15) is 0 Å². The summed E-state index contributed by atoms with van der Waals surface area (Å²) in [4.78, 5) is 24.0. The number of hydrogen-bond acceptors (Lipinski definition) is 2. The first-order valence-electron chi connectivity index (χ1n) is 9.71. The number of carbonyl (C=O) groups excluding carboxylic acids is 1. The van der Waals surface area contributed by atoms with Crippen LogP contribution in [0.25, 0.3) is 10.8 Å². The summed E-state index contributed by atoms with van der Waals surface area (Å²) in [5.41, 5.74) is 2.28. The van der Waals surface area contributed by atoms with Crippen LogP contribution in [-0.2, 0) is 6.42 Å². The molecule has 0 amide bonds. The monoisotopic (exact) mass is 474 g/mol. The van der Waals surface area contributed by atoms with E-state index in [1.54, 1.807) is 6.07 Å². The standard InChI is InChI=1S/C25H21Cl3O3/c1-16(12-18-8-4-7-17-6-2-3-11-22(17)18)13-21(25(26,27)28)15-23(29)19-9-5-10-20(14-19)24(30)31/h2-11,14,21H,1,12-13,15H2,(H,30,31). The molecular weight excluding hydrogens is 455 g/mol. The summed E-state index contributed by atoms with van der Waals surface area (Å²) in [7, 11) is 0. The minimum absolute atomic E-state index is 0.0336. The number of carbonyl (C=O) groups is 2. The maximum Gasteiger partial charge on any atom is 0.335 e. The topological polar surface area (TPSA) is 54.4 Å². The van der Waals surface area contributed by atoms with Crippen molar-refractivity contribution in [2.45, 2.75) is 23.1 Å². The van der Waals surface area contributed by atoms with E-state index in [4.69, 9.17) is 39.9 Å². The van der Waals surface area contributed by atoms with Crippen LogP contribution < -0.4 is 0 Å². The van der Waals surface area contributed by atoms with E-state index in [1.807, 2.05) is 24.3 Å². The van der Waals surface area contributed by atoms with Crippen LogP contribution in [0.2, 0.25) is 0 Å². The molecule has 3 aromatic carbocycles. The first kappa shape index (κ1) is 23.3. The zero-order valence-electron chi connectivity index (χ0n) is 16.7. The average molecular weight is 476 g/mol. The molecule has 0 aliphatic carbocycles. The van der Waals surface area contributed by atoms with Crippen LogP contribution in [-0.4, -0.2) is 20.7 Å². The number of hydrogen-bond donors (Lipinski definition) is 1. The molecule has 0 saturated heterocycles. The normalized spacial score (nSPS) is 12.5. The van der Waals surface area contributed by atoms with Crippen molar-refractivity contribution in [3.05, 3.63) is 95.6 Å². The lowest BCUT2D eigenvalue weighted by molar-refractivity contribution is 0.0697. The fourth-order valence-electron chi connectivity index (χ4n) is 3.61. The summed E-state index contributed by atoms with van der Waals surface area (Å²) >= 11 is 18.6. The average Bonchev–Trinajstić information content (AvgIpc) is 2.73. The van der Waals surface area contributed by atoms with E-state index in [1.165, 1.54) is 18.2 Å². The van der Waals surface area contributed by atoms with Crippen molar-refractivity contribution in [2.24, 2.45) is 5.92 Å². The highest BCUT2D eigenvalue weighted by molar-refractivity contribution is 6.67. The van der Waals surface area contributed by atoms with Crippen LogP contribution in [0.5, 0.6) is 0 Å². The minimum atomic E-state index is -1.66. The second-order valence-corrected chi connectivity index (χ2v) is 9.89. The fourth-order valence-corrected chi connectivity index (χ4v) is 4.07. The number of rotatable bonds is 8. The Labute approximate surface area is 196 Å². The number of alkyl halides is 3. The van der Waals surface area contributed by atoms with Gasteiger partial charge in [-0.25, -0.2) is 4.79 Å². The van der Waals surface area contributed by atoms with Gasteiger partial charge in [-0.3, -0.25) is 4.79 Å². The highest BCUT2D eigenvalue weighted by Gasteiger charge is 2.34. The molecule has 3 rings (SSSR count). The Hall–Kier alpha value is -2.33. The van der Waals surface area contributed by atoms with Gasteiger partial charge in [0.2, 0.25) is 0 Å². The van der Waals surface area contributed by atoms with Gasteiger partial charge in [-0.15, -0.1) is 0 Å². The molecule has 0 aliphatic heterocycles. The van der Waals surface area contributed by atoms with Crippen molar-refractivity contribution >= 4 is 57.3 Å². The summed E-state index contributed by atoms with van der Waals surface area (Å²) in [6, 6.07) is 20.0. The molecule has 3 nitrogen and oxygen atoms in total. The molecule has 1 N–H and O–H groups in total. The Morgan fingerprint density at radius 1 is 0.903 bits per heavy atom. The summed E-state index contributed by atoms with van der Waals surface area (Å²) in [5, 5.41) is 11.4. The number of ketones is 1. The van der Waals surface area contributed by atoms with Crippen molar-refractivity contribution in [3.63, 3.8) is 0 Å². The molecule has 0 aliphatic rings. The highest BCUT2D eigenvalue weighted by atomic mass is 35.6. The van der Waals surface area contributed by atoms with E-state index >= 15 is 0 Å². The van der Waals surface area contributed by atoms with Gasteiger partial charge >= 0.3 is 5.97 Å². The number of carboxylic acids is 1. The van der Waals surface area contributed by atoms with E-state index in [9.17, 15) is 9.59 Å². The van der Waals surface area contributed by atoms with Crippen molar-refractivity contribution in [3.8, 4) is 0 Å². The molecule has 0 bridgehead atoms. The van der Waals surface area contributed by atoms with Gasteiger partial charge in [0.25, 0.3) is 0 Å². The lowest BCUT2D eigenvalue weighted by atomic mass is 9.90. The maximum atomic E-state index is 12.8. The van der Waals surface area contributed by atoms with Crippen molar-refractivity contribution in [1.29, 1.82) is 0 Å². The molecule has 0 aromatic heterocycles. The van der Waals surface area contributed by atoms with Crippen LogP contribution >= 0.6 is 34.8 Å². The zero-order chi connectivity index (χ0) is 22.6. The lowest BCUT2D eigenvalue weighted by Crippen LogP contribution is -2.23. The first-order valence-corrected chi connectivity index (χ1v) is 10.8. The number of fused-ring (bicyclic) bond motifs is 1. The van der Waals surface area contributed by atoms with Crippen LogP contribution in [0.1, 0.15) is 39.1 Å². The van der Waals surface area contributed by atoms with Gasteiger partial charge in [-0.05, 0) is 41.3 Å². The molecule has 0 radical (unpaired) electrons. The maximum absolute atomic E-state index is 12.8. The Bertz CT molecular complexity index is 1130. The van der Waals surface area contributed by atoms with Crippen LogP contribution in [0.4, 0.5) is 0 Å². The van der Waals surface area contributed by atoms with Gasteiger partial charge in [0.05, 0.1) is 5.56 Å². The fraction of sp³-hybridized carbons (Fsp3) is 0.200. The van der Waals surface area contributed by atoms with Crippen molar-refractivity contribution in [1.82, 2.24) is 0 Å². The molecule has 3 aromatic rings. The van der Waals surface area contributed by atoms with Crippen molar-refractivity contribution < 1.29 is 14.7 Å². The molecule has 31 heavy (non-hydrogen) atoms. The third-order valence-electron chi connectivity index (χ3n) is 5.18. The van der Waals surface area contributed by atoms with Gasteiger partial charge in [0.1, 0.15) is 0 Å². The largest absolute Gasteiger partial charge is 0.478 e. The molecule has 0 fully saturated rings. The number of allylic oxidation sites excluding steroid dienone is 1. The molecule has 0 spiro atoms. The number of carboxylic acid groups (broad SMARTS) is 1. The van der Waals surface area contributed by atoms with E-state index in [2.05, 4.69) is 24.8 Å². The second kappa shape index (κ2) is 9.86. The zero-order valence-corrected chi connectivity index (χ0v) is 18.9. The Kier molecular flexibility index (Phi) is 7.42. The number of Topliss-reactive ketones (excluding diaryl/α,β-unsaturated/α-hetero) is 1. The van der Waals surface area contributed by atoms with Crippen molar-refractivity contribution in [2.75, 3.05) is 0 Å². The molecule has 0 saturated carbocycles. The minimum Gasteiger partial charge on any atom is -0.478 e. The van der Waals surface area contributed by atoms with Crippen LogP contribution in [0.15, 0.2) is 78.9 Å². The summed E-state index contributed by atoms with van der Waals surface area (Å²) in [5.74, 6) is -1.98. The summed E-state index contributed by atoms with van der Waals surface area (Å²) in [6.07, 6.45) is 0.916. The van der Waals surface area contributed by atoms with Gasteiger partial charge < -0.3 is 5.11 Å². The van der Waals surface area contributed by atoms with E-state index in [0.29, 0.717) is 12.8 Å². The Morgan fingerprint density at radius 2 is 1.55 bits per heavy atom. The van der Waals surface area contributed by atoms with Gasteiger partial charge in [0.15, 0.2) is 9.58 Å². The predicted octanol–water partition coefficient (Wildman–Crippen LogP) is 7.29. The van der Waals surface area contributed by atoms with E-state index in [0.717, 1.165) is 21.9 Å². The van der Waals surface area contributed by atoms with Gasteiger partial charge in [0, 0.05) is 17.9 Å². The third kappa shape index (κ3) is 6.10. The van der Waals surface area contributed by atoms with E-state index in [-0.39, 0.29) is 23.3 Å². The summed E-state index contributed by atoms with van der Waals surface area (Å²) in [6.45, 7) is 4.16. The molecule has 6 heteroatoms.